The van der Waals surface area contributed by atoms with E-state index in [1.807, 2.05) is 24.3 Å². The number of amides is 1. The number of aromatic nitrogens is 4. The molecule has 0 radical (unpaired) electrons. The fourth-order valence-electron chi connectivity index (χ4n) is 9.12. The number of anilines is 2. The molecule has 0 fully saturated rings. The van der Waals surface area contributed by atoms with E-state index in [0.29, 0.717) is 120 Å². The number of ether oxygens (including phenoxy) is 2. The van der Waals surface area contributed by atoms with Crippen molar-refractivity contribution in [2.45, 2.75) is 34.2 Å². The number of aliphatic carboxylic acids is 1. The summed E-state index contributed by atoms with van der Waals surface area (Å²) in [6.07, 6.45) is 8.97. The van der Waals surface area contributed by atoms with Gasteiger partial charge in [-0.15, -0.1) is 0 Å². The number of carbonyl (C=O) groups excluding carboxylic acids is 7. The third kappa shape index (κ3) is 41.7. The molecule has 13 aromatic rings. The maximum atomic E-state index is 12.6. The van der Waals surface area contributed by atoms with Crippen LogP contribution in [-0.4, -0.2) is 126 Å². The normalized spacial score (nSPS) is 9.21. The van der Waals surface area contributed by atoms with Gasteiger partial charge in [-0.1, -0.05) is 162 Å². The number of aromatic amines is 1. The van der Waals surface area contributed by atoms with Crippen molar-refractivity contribution in [1.29, 1.82) is 5.26 Å². The molecule has 6 heterocycles. The molecule has 0 aliphatic rings. The van der Waals surface area contributed by atoms with E-state index in [9.17, 15) is 38.4 Å². The molecule has 9 N–H and O–H groups in total. The number of benzene rings is 7. The van der Waals surface area contributed by atoms with E-state index in [4.69, 9.17) is 159 Å². The third-order valence-corrected chi connectivity index (χ3v) is 17.3. The number of H-pyrrole nitrogens is 1. The zero-order valence-electron chi connectivity index (χ0n) is 67.6. The molecule has 652 valence electrons. The first-order valence-corrected chi connectivity index (χ1v) is 39.5. The number of nitrogens with one attached hydrogen (secondary N) is 2. The quantitative estimate of drug-likeness (QED) is 0.0114. The maximum absolute atomic E-state index is 12.6. The molecule has 6 aromatic heterocycles. The summed E-state index contributed by atoms with van der Waals surface area (Å²) in [7, 11) is 0. The molecule has 1 amide bonds. The number of hydrogen-bond donors (Lipinski definition) is 5. The second-order valence-electron chi connectivity index (χ2n) is 22.8. The number of ketones is 3. The summed E-state index contributed by atoms with van der Waals surface area (Å²) >= 11 is 46.1. The number of halogens is 9. The van der Waals surface area contributed by atoms with Crippen molar-refractivity contribution >= 4 is 207 Å². The second-order valence-corrected chi connectivity index (χ2v) is 27.0. The average Bonchev–Trinajstić information content (AvgIpc) is 1.58. The van der Waals surface area contributed by atoms with Gasteiger partial charge in [-0.2, -0.15) is 5.26 Å². The summed E-state index contributed by atoms with van der Waals surface area (Å²) in [5.74, 6) is -1.38. The number of carboxylic acids is 1. The van der Waals surface area contributed by atoms with Crippen molar-refractivity contribution < 1.29 is 140 Å². The number of carbonyl (C=O) groups is 8. The molecule has 0 atom stereocenters. The van der Waals surface area contributed by atoms with Gasteiger partial charge in [0.2, 0.25) is 23.7 Å². The van der Waals surface area contributed by atoms with Gasteiger partial charge in [0, 0.05) is 87.5 Å². The minimum atomic E-state index is -0.833. The Balaban J connectivity index is 0. The molecular weight excluding hydrogens is 1930 g/mol. The minimum Gasteiger partial charge on any atom is -0.870 e. The van der Waals surface area contributed by atoms with Gasteiger partial charge < -0.3 is 79.1 Å². The number of aliphatic hydroxyl groups excluding tert-OH is 1. The van der Waals surface area contributed by atoms with E-state index in [2.05, 4.69) is 71.4 Å². The summed E-state index contributed by atoms with van der Waals surface area (Å²) in [4.78, 5) is 126. The van der Waals surface area contributed by atoms with Crippen LogP contribution in [0.1, 0.15) is 58.8 Å². The summed E-state index contributed by atoms with van der Waals surface area (Å²) in [6, 6.07) is 50.1. The van der Waals surface area contributed by atoms with Crippen LogP contribution in [0.4, 0.5) is 23.1 Å². The number of hydrogen-bond acceptors (Lipinski definition) is 23. The van der Waals surface area contributed by atoms with Gasteiger partial charge in [0.15, 0.2) is 23.2 Å². The number of nitriles is 1. The molecule has 127 heavy (non-hydrogen) atoms. The Hall–Kier alpha value is -11.5. The molecule has 13 rings (SSSR count). The Kier molecular flexibility index (Phi) is 60.3. The number of nitrogen functional groups attached to an aromatic ring is 1. The molecular formula is C85H71Br2Cl7LiN10NaO21. The summed E-state index contributed by atoms with van der Waals surface area (Å²) < 4.78 is 31.3. The number of alkyl halides is 2. The monoisotopic (exact) mass is 2000 g/mol. The van der Waals surface area contributed by atoms with Crippen LogP contribution < -0.4 is 75.7 Å². The van der Waals surface area contributed by atoms with Crippen LogP contribution in [0.2, 0.25) is 35.2 Å². The molecule has 0 unspecified atom stereocenters. The van der Waals surface area contributed by atoms with Gasteiger partial charge in [0.05, 0.1) is 50.5 Å². The summed E-state index contributed by atoms with van der Waals surface area (Å²) in [5, 5.41) is 39.9. The Morgan fingerprint density at radius 2 is 0.937 bits per heavy atom. The topological polar surface area (TPSA) is 488 Å². The number of rotatable bonds is 16. The van der Waals surface area contributed by atoms with E-state index >= 15 is 0 Å². The van der Waals surface area contributed by atoms with Gasteiger partial charge in [-0.3, -0.25) is 47.7 Å². The van der Waals surface area contributed by atoms with E-state index < -0.39 is 25.0 Å². The molecule has 42 heteroatoms. The van der Waals surface area contributed by atoms with Crippen LogP contribution in [0.25, 0.3) is 81.2 Å². The van der Waals surface area contributed by atoms with Crippen molar-refractivity contribution in [3.8, 4) is 50.6 Å². The minimum absolute atomic E-state index is 0. The van der Waals surface area contributed by atoms with Crippen molar-refractivity contribution in [2.24, 2.45) is 0 Å². The van der Waals surface area contributed by atoms with Gasteiger partial charge in [-0.25, -0.2) is 26.2 Å². The fourth-order valence-corrected chi connectivity index (χ4v) is 10.5. The van der Waals surface area contributed by atoms with Gasteiger partial charge in [0.1, 0.15) is 54.2 Å². The Morgan fingerprint density at radius 3 is 1.28 bits per heavy atom. The Labute approximate surface area is 811 Å². The standard InChI is InChI=1S/C16H13ClN2O4.2C12H7ClN2O2.C11H7ClN2O.C8H6BrClO.C8H7ClO2.C8H7ClO.C4H7BrO2.C3H2N2.C2H4O2.CH2O2.Li.Na.2H2O/c1-2-22-13(20)7-19-9-18-15-14(16(19)21)12(8-23-15)10-3-5-11(17)6-4-10;13-8-3-1-7(2-4-8)9-5-17-12-10(9)11(16)14-6-15-12;1-14-11-10(6-17-12(11)15-7-16)8-2-4-9(13)5-3-8;1-14-10-9(6-15-11(10)13)7-2-4-8(12)5-3-7;9-5-8(11)6-1-3-7(10)4-2-6;9-7-3-1-6(2-4-7)8(11)5-10;1-6(10)7-2-4-8(9)5-3-7;1-2-7-4(6)3-5;1-5-3-2-4;1-2(3)4;2-1-3;;;;/h3-6,8-9H,2,7H2,1H3;1-6H,(H,14,15,16);2-7H,(H,15,16);2-6H,13H2;1-4H,5H2;1-4,10H,5H2;2-5H,1H3;2-3H2,1H3;3H2;1H3,(H,3,4);1H,(H,2,3);;;2*1H2/q;;;;;;;;;;;2*+1;;/p-2. The van der Waals surface area contributed by atoms with Crippen LogP contribution in [0, 0.1) is 31.0 Å². The Bertz CT molecular complexity index is 5850. The number of fused-ring (bicyclic) bond motifs is 2. The predicted octanol–water partition coefficient (Wildman–Crippen LogP) is 13.0. The molecule has 0 aliphatic carbocycles. The second kappa shape index (κ2) is 65.1. The van der Waals surface area contributed by atoms with Gasteiger partial charge in [-0.05, 0) is 164 Å². The van der Waals surface area contributed by atoms with E-state index in [-0.39, 0.29) is 137 Å². The molecule has 0 spiro atoms. The van der Waals surface area contributed by atoms with E-state index in [1.165, 1.54) is 49.2 Å². The summed E-state index contributed by atoms with van der Waals surface area (Å²) in [5.41, 5.74) is 13.9. The van der Waals surface area contributed by atoms with E-state index in [1.54, 1.807) is 166 Å². The number of carboxylic acid groups (broad SMARTS) is 2. The first-order valence-electron chi connectivity index (χ1n) is 34.6. The van der Waals surface area contributed by atoms with Crippen molar-refractivity contribution in [2.75, 3.05) is 48.1 Å². The third-order valence-electron chi connectivity index (χ3n) is 14.5. The number of nitrogens with zero attached hydrogens (tertiary/aromatic N) is 7. The molecule has 0 aliphatic heterocycles. The van der Waals surface area contributed by atoms with E-state index in [0.717, 1.165) is 29.2 Å². The fraction of sp³-hybridized carbons (Fsp3) is 0.129. The first kappa shape index (κ1) is 118. The van der Waals surface area contributed by atoms with Crippen LogP contribution >= 0.6 is 113 Å². The average molecular weight is 2010 g/mol. The molecule has 0 saturated heterocycles. The largest absolute Gasteiger partial charge is 1.00 e. The number of furan rings is 4. The molecule has 0 saturated carbocycles. The number of aliphatic hydroxyl groups is 1. The van der Waals surface area contributed by atoms with Crippen molar-refractivity contribution in [3.63, 3.8) is 0 Å². The number of nitrogens with two attached hydrogens (primary N) is 1. The van der Waals surface area contributed by atoms with Crippen LogP contribution in [0.15, 0.2) is 235 Å². The smallest absolute Gasteiger partial charge is 0.870 e. The molecule has 7 aromatic carbocycles. The Morgan fingerprint density at radius 1 is 0.583 bits per heavy atom. The van der Waals surface area contributed by atoms with Gasteiger partial charge in [0.25, 0.3) is 35.0 Å². The zero-order valence-corrected chi connectivity index (χ0v) is 78.1. The predicted molar refractivity (Wildman–Crippen MR) is 482 cm³/mol. The van der Waals surface area contributed by atoms with Crippen LogP contribution in [0.3, 0.4) is 0 Å². The van der Waals surface area contributed by atoms with Crippen molar-refractivity contribution in [1.82, 2.24) is 19.5 Å². The zero-order chi connectivity index (χ0) is 91.5. The van der Waals surface area contributed by atoms with Crippen molar-refractivity contribution in [3.05, 3.63) is 314 Å². The number of Topliss-reactive ketones (excluding diaryl/α,β-unsaturated/α-hetero) is 3. The SMILES string of the molecule is CC(=O)O.CC(=O)c1ccc(Cl)cc1.CCOC(=O)CBr.CCOC(=O)Cn1cnc2occ(-c3ccc(Cl)cc3)c2c1=O.O.O=C(CBr)c1ccc(Cl)cc1.O=C(CO)c1ccc(Cl)cc1.O=C[O-].O=c1[nH]cnc2occ(-c3ccc(Cl)cc3)c12.[C-]#[N+]CC#N.[C-]#[N+]c1c(-c2ccc(Cl)cc2)coc1N.[C-]#[N+]c1c(-c2ccc(Cl)cc2)coc1NC=O.[Li+].[Na+].[OH-]. The van der Waals surface area contributed by atoms with Crippen LogP contribution in [0.5, 0.6) is 0 Å². The molecule has 0 bridgehead atoms. The maximum Gasteiger partial charge on any atom is 1.00 e. The van der Waals surface area contributed by atoms with Gasteiger partial charge >= 0.3 is 60.4 Å². The molecule has 31 nitrogen and oxygen atoms in total. The first-order chi connectivity index (χ1) is 58.9. The summed E-state index contributed by atoms with van der Waals surface area (Å²) in [6.45, 7) is 25.7. The number of esters is 2. The van der Waals surface area contributed by atoms with Crippen LogP contribution in [-0.2, 0) is 40.0 Å².